The van der Waals surface area contributed by atoms with E-state index < -0.39 is 6.29 Å². The third-order valence-corrected chi connectivity index (χ3v) is 5.25. The summed E-state index contributed by atoms with van der Waals surface area (Å²) in [4.78, 5) is 14.6. The number of nitrogens with zero attached hydrogens (tertiary/aromatic N) is 1. The van der Waals surface area contributed by atoms with Gasteiger partial charge in [-0.25, -0.2) is 0 Å². The van der Waals surface area contributed by atoms with Gasteiger partial charge in [0.2, 0.25) is 5.91 Å². The molecule has 25 heavy (non-hydrogen) atoms. The number of rotatable bonds is 5. The molecule has 1 aromatic carbocycles. The van der Waals surface area contributed by atoms with E-state index in [1.54, 1.807) is 0 Å². The average Bonchev–Trinajstić information content (AvgIpc) is 2.60. The van der Waals surface area contributed by atoms with Crippen molar-refractivity contribution in [3.05, 3.63) is 35.4 Å². The van der Waals surface area contributed by atoms with Crippen LogP contribution in [0.4, 0.5) is 0 Å². The third kappa shape index (κ3) is 4.79. The summed E-state index contributed by atoms with van der Waals surface area (Å²) >= 11 is 0. The van der Waals surface area contributed by atoms with E-state index in [1.165, 1.54) is 11.1 Å². The van der Waals surface area contributed by atoms with Crippen LogP contribution in [0, 0.1) is 0 Å². The van der Waals surface area contributed by atoms with Gasteiger partial charge in [-0.15, -0.1) is 0 Å². The van der Waals surface area contributed by atoms with Crippen molar-refractivity contribution < 1.29 is 14.6 Å². The summed E-state index contributed by atoms with van der Waals surface area (Å²) in [5.74, 6) is 0.0586. The molecular formula is C19H29N3O3. The first-order valence-electron chi connectivity index (χ1n) is 9.14. The zero-order valence-corrected chi connectivity index (χ0v) is 15.1. The van der Waals surface area contributed by atoms with Crippen LogP contribution >= 0.6 is 0 Å². The van der Waals surface area contributed by atoms with Gasteiger partial charge < -0.3 is 25.4 Å². The Balaban J connectivity index is 1.42. The molecule has 0 aliphatic carbocycles. The highest BCUT2D eigenvalue weighted by molar-refractivity contribution is 5.82. The number of carbonyl (C=O) groups is 1. The van der Waals surface area contributed by atoms with Crippen molar-refractivity contribution in [3.63, 3.8) is 0 Å². The summed E-state index contributed by atoms with van der Waals surface area (Å²) in [5, 5.41) is 16.1. The Labute approximate surface area is 149 Å². The molecule has 4 atom stereocenters. The Morgan fingerprint density at radius 2 is 2.12 bits per heavy atom. The van der Waals surface area contributed by atoms with Crippen molar-refractivity contribution in [2.75, 3.05) is 20.1 Å². The lowest BCUT2D eigenvalue weighted by atomic mass is 9.95. The van der Waals surface area contributed by atoms with Gasteiger partial charge in [0.05, 0.1) is 12.1 Å². The second-order valence-corrected chi connectivity index (χ2v) is 7.20. The molecule has 3 N–H and O–H groups in total. The van der Waals surface area contributed by atoms with Crippen LogP contribution in [-0.2, 0) is 22.5 Å². The number of aliphatic hydroxyl groups excluding tert-OH is 1. The van der Waals surface area contributed by atoms with E-state index in [9.17, 15) is 9.90 Å². The number of carbonyl (C=O) groups excluding carboxylic acids is 1. The Kier molecular flexibility index (Phi) is 6.06. The Bertz CT molecular complexity index is 585. The number of aliphatic hydroxyl groups is 1. The van der Waals surface area contributed by atoms with Crippen molar-refractivity contribution in [1.29, 1.82) is 0 Å². The van der Waals surface area contributed by atoms with Gasteiger partial charge in [0.1, 0.15) is 0 Å². The molecule has 3 rings (SSSR count). The van der Waals surface area contributed by atoms with Gasteiger partial charge >= 0.3 is 0 Å². The fourth-order valence-electron chi connectivity index (χ4n) is 3.75. The van der Waals surface area contributed by atoms with Gasteiger partial charge in [0.15, 0.2) is 6.29 Å². The smallest absolute Gasteiger partial charge is 0.237 e. The van der Waals surface area contributed by atoms with Crippen LogP contribution in [0.3, 0.4) is 0 Å². The first-order chi connectivity index (χ1) is 12.0. The van der Waals surface area contributed by atoms with Crippen LogP contribution in [-0.4, -0.2) is 60.5 Å². The number of amides is 1. The predicted octanol–water partition coefficient (Wildman–Crippen LogP) is 0.635. The first-order valence-corrected chi connectivity index (χ1v) is 9.14. The molecule has 0 spiro atoms. The quantitative estimate of drug-likeness (QED) is 0.729. The molecule has 0 saturated carbocycles. The van der Waals surface area contributed by atoms with Gasteiger partial charge in [-0.2, -0.15) is 0 Å². The molecule has 0 bridgehead atoms. The minimum Gasteiger partial charge on any atom is -0.368 e. The maximum Gasteiger partial charge on any atom is 0.237 e. The molecule has 1 amide bonds. The van der Waals surface area contributed by atoms with Gasteiger partial charge in [-0.05, 0) is 37.9 Å². The molecule has 0 aromatic heterocycles. The van der Waals surface area contributed by atoms with Crippen molar-refractivity contribution in [2.45, 2.75) is 57.2 Å². The monoisotopic (exact) mass is 347 g/mol. The lowest BCUT2D eigenvalue weighted by molar-refractivity contribution is -0.173. The molecule has 1 saturated heterocycles. The molecule has 6 nitrogen and oxygen atoms in total. The highest BCUT2D eigenvalue weighted by atomic mass is 16.6. The van der Waals surface area contributed by atoms with E-state index in [-0.39, 0.29) is 24.1 Å². The van der Waals surface area contributed by atoms with E-state index in [4.69, 9.17) is 4.74 Å². The summed E-state index contributed by atoms with van der Waals surface area (Å²) < 4.78 is 5.37. The van der Waals surface area contributed by atoms with Crippen molar-refractivity contribution in [1.82, 2.24) is 15.5 Å². The Hall–Kier alpha value is -1.47. The third-order valence-electron chi connectivity index (χ3n) is 5.25. The van der Waals surface area contributed by atoms with Gasteiger partial charge in [0.25, 0.3) is 0 Å². The number of nitrogens with one attached hydrogen (secondary N) is 2. The Morgan fingerprint density at radius 1 is 1.36 bits per heavy atom. The molecule has 2 aliphatic rings. The van der Waals surface area contributed by atoms with Gasteiger partial charge in [-0.3, -0.25) is 4.79 Å². The number of hydrogen-bond donors (Lipinski definition) is 3. The van der Waals surface area contributed by atoms with E-state index >= 15 is 0 Å². The molecule has 0 radical (unpaired) electrons. The van der Waals surface area contributed by atoms with Crippen LogP contribution in [0.25, 0.3) is 0 Å². The molecule has 2 heterocycles. The minimum absolute atomic E-state index is 0.0586. The topological polar surface area (TPSA) is 73.8 Å². The summed E-state index contributed by atoms with van der Waals surface area (Å²) in [6, 6.07) is 8.39. The largest absolute Gasteiger partial charge is 0.368 e. The van der Waals surface area contributed by atoms with Crippen LogP contribution in [0.15, 0.2) is 24.3 Å². The molecule has 0 unspecified atom stereocenters. The lowest BCUT2D eigenvalue weighted by Gasteiger charge is -2.36. The zero-order valence-electron chi connectivity index (χ0n) is 15.1. The first kappa shape index (κ1) is 18.3. The molecule has 1 fully saturated rings. The minimum atomic E-state index is -0.683. The second-order valence-electron chi connectivity index (χ2n) is 7.20. The number of benzene rings is 1. The average molecular weight is 347 g/mol. The van der Waals surface area contributed by atoms with E-state index in [2.05, 4.69) is 27.7 Å². The summed E-state index contributed by atoms with van der Waals surface area (Å²) in [6.07, 6.45) is 1.65. The van der Waals surface area contributed by atoms with Crippen molar-refractivity contribution >= 4 is 5.91 Å². The number of fused-ring (bicyclic) bond motifs is 1. The van der Waals surface area contributed by atoms with E-state index in [1.807, 2.05) is 26.1 Å². The highest BCUT2D eigenvalue weighted by Gasteiger charge is 2.28. The van der Waals surface area contributed by atoms with E-state index in [0.717, 1.165) is 25.9 Å². The standard InChI is InChI=1S/C19H29N3O3/c1-13-9-16(11-18(23)25-13)22(2)8-7-20-19(24)17-10-14-5-3-4-6-15(14)12-21-17/h3-6,13,16-18,21,23H,7-12H2,1-2H3,(H,20,24)/t13-,16+,17+,18-/m1/s1. The Morgan fingerprint density at radius 3 is 2.88 bits per heavy atom. The van der Waals surface area contributed by atoms with Crippen LogP contribution in [0.2, 0.25) is 0 Å². The van der Waals surface area contributed by atoms with Gasteiger partial charge in [0, 0.05) is 32.1 Å². The molecular weight excluding hydrogens is 318 g/mol. The summed E-state index contributed by atoms with van der Waals surface area (Å²) in [5.41, 5.74) is 2.53. The summed E-state index contributed by atoms with van der Waals surface area (Å²) in [6.45, 7) is 4.10. The fraction of sp³-hybridized carbons (Fsp3) is 0.632. The van der Waals surface area contributed by atoms with Crippen molar-refractivity contribution in [3.8, 4) is 0 Å². The van der Waals surface area contributed by atoms with Crippen LogP contribution in [0.1, 0.15) is 30.9 Å². The predicted molar refractivity (Wildman–Crippen MR) is 96.0 cm³/mol. The SMILES string of the molecule is C[C@@H]1C[C@H](N(C)CCNC(=O)[C@@H]2Cc3ccccc3CN2)C[C@H](O)O1. The maximum absolute atomic E-state index is 12.4. The highest BCUT2D eigenvalue weighted by Crippen LogP contribution is 2.21. The number of likely N-dealkylation sites (N-methyl/N-ethyl adjacent to an activating group) is 1. The molecule has 1 aromatic rings. The molecule has 2 aliphatic heterocycles. The normalized spacial score (nSPS) is 29.3. The van der Waals surface area contributed by atoms with E-state index in [0.29, 0.717) is 13.0 Å². The lowest BCUT2D eigenvalue weighted by Crippen LogP contribution is -2.50. The van der Waals surface area contributed by atoms with Crippen LogP contribution < -0.4 is 10.6 Å². The van der Waals surface area contributed by atoms with Crippen molar-refractivity contribution in [2.24, 2.45) is 0 Å². The fourth-order valence-corrected chi connectivity index (χ4v) is 3.75. The molecule has 6 heteroatoms. The maximum atomic E-state index is 12.4. The number of ether oxygens (including phenoxy) is 1. The zero-order chi connectivity index (χ0) is 17.8. The number of hydrogen-bond acceptors (Lipinski definition) is 5. The second kappa shape index (κ2) is 8.27. The van der Waals surface area contributed by atoms with Gasteiger partial charge in [-0.1, -0.05) is 24.3 Å². The molecule has 138 valence electrons. The summed E-state index contributed by atoms with van der Waals surface area (Å²) in [7, 11) is 2.04. The van der Waals surface area contributed by atoms with Crippen LogP contribution in [0.5, 0.6) is 0 Å².